The van der Waals surface area contributed by atoms with E-state index < -0.39 is 18.2 Å². The Labute approximate surface area is 104 Å². The van der Waals surface area contributed by atoms with E-state index in [9.17, 15) is 9.59 Å². The topological polar surface area (TPSA) is 72.8 Å². The quantitative estimate of drug-likeness (QED) is 0.361. The van der Waals surface area contributed by atoms with Crippen molar-refractivity contribution in [3.8, 4) is 5.75 Å². The summed E-state index contributed by atoms with van der Waals surface area (Å²) < 4.78 is 10.1. The van der Waals surface area contributed by atoms with Gasteiger partial charge in [-0.05, 0) is 30.3 Å². The van der Waals surface area contributed by atoms with Crippen molar-refractivity contribution in [1.29, 1.82) is 0 Å². The van der Waals surface area contributed by atoms with Crippen molar-refractivity contribution in [2.24, 2.45) is 0 Å². The predicted molar refractivity (Wildman–Crippen MR) is 64.3 cm³/mol. The molecule has 1 atom stereocenters. The third kappa shape index (κ3) is 3.79. The largest absolute Gasteiger partial charge is 0.478 e. The SMILES string of the molecule is C=CC(=O)OC(C=C)Oc1ccc(C(=O)O)cc1. The van der Waals surface area contributed by atoms with Gasteiger partial charge in [0.15, 0.2) is 0 Å². The Morgan fingerprint density at radius 2 is 1.83 bits per heavy atom. The van der Waals surface area contributed by atoms with Crippen LogP contribution in [0, 0.1) is 0 Å². The average molecular weight is 248 g/mol. The van der Waals surface area contributed by atoms with Crippen molar-refractivity contribution in [2.75, 3.05) is 0 Å². The Balaban J connectivity index is 2.70. The number of aromatic carboxylic acids is 1. The van der Waals surface area contributed by atoms with E-state index >= 15 is 0 Å². The molecule has 0 saturated carbocycles. The normalized spacial score (nSPS) is 11.1. The fourth-order valence-electron chi connectivity index (χ4n) is 1.09. The minimum Gasteiger partial charge on any atom is -0.478 e. The number of hydrogen-bond acceptors (Lipinski definition) is 4. The highest BCUT2D eigenvalue weighted by molar-refractivity contribution is 5.87. The van der Waals surface area contributed by atoms with Crippen LogP contribution >= 0.6 is 0 Å². The van der Waals surface area contributed by atoms with Crippen LogP contribution in [0.4, 0.5) is 0 Å². The number of benzene rings is 1. The Morgan fingerprint density at radius 3 is 2.28 bits per heavy atom. The molecule has 0 aliphatic heterocycles. The van der Waals surface area contributed by atoms with Crippen LogP contribution in [0.3, 0.4) is 0 Å². The summed E-state index contributed by atoms with van der Waals surface area (Å²) in [5.74, 6) is -1.30. The molecule has 0 amide bonds. The molecular formula is C13H12O5. The Kier molecular flexibility index (Phi) is 4.68. The van der Waals surface area contributed by atoms with E-state index in [0.717, 1.165) is 6.08 Å². The molecule has 0 aliphatic rings. The van der Waals surface area contributed by atoms with E-state index in [-0.39, 0.29) is 5.56 Å². The molecule has 1 unspecified atom stereocenters. The van der Waals surface area contributed by atoms with E-state index in [1.165, 1.54) is 30.3 Å². The van der Waals surface area contributed by atoms with Crippen LogP contribution in [0.15, 0.2) is 49.6 Å². The summed E-state index contributed by atoms with van der Waals surface area (Å²) in [4.78, 5) is 21.6. The Hall–Kier alpha value is -2.56. The van der Waals surface area contributed by atoms with Crippen molar-refractivity contribution < 1.29 is 24.2 Å². The minimum absolute atomic E-state index is 0.139. The van der Waals surface area contributed by atoms with Gasteiger partial charge in [-0.25, -0.2) is 9.59 Å². The van der Waals surface area contributed by atoms with Crippen LogP contribution in [0.25, 0.3) is 0 Å². The van der Waals surface area contributed by atoms with Crippen molar-refractivity contribution in [3.63, 3.8) is 0 Å². The lowest BCUT2D eigenvalue weighted by Gasteiger charge is -2.14. The minimum atomic E-state index is -1.03. The molecule has 1 N–H and O–H groups in total. The highest BCUT2D eigenvalue weighted by atomic mass is 16.7. The number of carboxylic acid groups (broad SMARTS) is 1. The van der Waals surface area contributed by atoms with Gasteiger partial charge in [0.1, 0.15) is 5.75 Å². The number of carboxylic acids is 1. The zero-order chi connectivity index (χ0) is 13.5. The lowest BCUT2D eigenvalue weighted by molar-refractivity contribution is -0.151. The Morgan fingerprint density at radius 1 is 1.22 bits per heavy atom. The van der Waals surface area contributed by atoms with Crippen LogP contribution in [-0.2, 0) is 9.53 Å². The second-order valence-electron chi connectivity index (χ2n) is 3.19. The first kappa shape index (κ1) is 13.5. The van der Waals surface area contributed by atoms with Gasteiger partial charge >= 0.3 is 11.9 Å². The molecule has 1 aromatic rings. The van der Waals surface area contributed by atoms with Gasteiger partial charge in [0.2, 0.25) is 0 Å². The number of carbonyl (C=O) groups excluding carboxylic acids is 1. The average Bonchev–Trinajstić information content (AvgIpc) is 2.38. The highest BCUT2D eigenvalue weighted by Gasteiger charge is 2.10. The van der Waals surface area contributed by atoms with Gasteiger partial charge in [0.05, 0.1) is 5.56 Å². The molecule has 0 saturated heterocycles. The van der Waals surface area contributed by atoms with Crippen LogP contribution in [-0.4, -0.2) is 23.3 Å². The predicted octanol–water partition coefficient (Wildman–Crippen LogP) is 2.00. The molecule has 0 spiro atoms. The lowest BCUT2D eigenvalue weighted by atomic mass is 10.2. The Bertz CT molecular complexity index is 461. The molecule has 0 heterocycles. The molecule has 94 valence electrons. The third-order valence-corrected chi connectivity index (χ3v) is 1.94. The third-order valence-electron chi connectivity index (χ3n) is 1.94. The van der Waals surface area contributed by atoms with Crippen molar-refractivity contribution in [1.82, 2.24) is 0 Å². The summed E-state index contributed by atoms with van der Waals surface area (Å²) in [6, 6.07) is 5.68. The van der Waals surface area contributed by atoms with Gasteiger partial charge < -0.3 is 14.6 Å². The van der Waals surface area contributed by atoms with E-state index in [4.69, 9.17) is 14.6 Å². The van der Waals surface area contributed by atoms with E-state index in [0.29, 0.717) is 5.75 Å². The highest BCUT2D eigenvalue weighted by Crippen LogP contribution is 2.15. The van der Waals surface area contributed by atoms with Crippen LogP contribution < -0.4 is 4.74 Å². The molecular weight excluding hydrogens is 236 g/mol. The standard InChI is InChI=1S/C13H12O5/c1-3-11(14)18-12(4-2)17-10-7-5-9(6-8-10)13(15)16/h3-8,12H,1-2H2,(H,15,16). The maximum atomic E-state index is 11.0. The second kappa shape index (κ2) is 6.24. The lowest BCUT2D eigenvalue weighted by Crippen LogP contribution is -2.20. The summed E-state index contributed by atoms with van der Waals surface area (Å²) >= 11 is 0. The van der Waals surface area contributed by atoms with Crippen LogP contribution in [0.2, 0.25) is 0 Å². The molecule has 0 aliphatic carbocycles. The van der Waals surface area contributed by atoms with E-state index in [1.807, 2.05) is 0 Å². The molecule has 1 rings (SSSR count). The molecule has 0 fully saturated rings. The molecule has 18 heavy (non-hydrogen) atoms. The molecule has 1 aromatic carbocycles. The molecule has 0 radical (unpaired) electrons. The van der Waals surface area contributed by atoms with E-state index in [2.05, 4.69) is 13.2 Å². The first-order chi connectivity index (χ1) is 8.56. The fourth-order valence-corrected chi connectivity index (χ4v) is 1.09. The van der Waals surface area contributed by atoms with Crippen molar-refractivity contribution >= 4 is 11.9 Å². The van der Waals surface area contributed by atoms with Gasteiger partial charge in [0.25, 0.3) is 6.29 Å². The number of esters is 1. The van der Waals surface area contributed by atoms with Crippen molar-refractivity contribution in [3.05, 3.63) is 55.1 Å². The first-order valence-corrected chi connectivity index (χ1v) is 5.02. The van der Waals surface area contributed by atoms with Gasteiger partial charge in [0, 0.05) is 6.08 Å². The summed E-state index contributed by atoms with van der Waals surface area (Å²) in [7, 11) is 0. The zero-order valence-corrected chi connectivity index (χ0v) is 9.54. The number of ether oxygens (including phenoxy) is 2. The summed E-state index contributed by atoms with van der Waals surface area (Å²) in [6.45, 7) is 6.72. The van der Waals surface area contributed by atoms with Crippen LogP contribution in [0.1, 0.15) is 10.4 Å². The molecule has 0 aromatic heterocycles. The van der Waals surface area contributed by atoms with Gasteiger partial charge in [-0.3, -0.25) is 0 Å². The number of carbonyl (C=O) groups is 2. The van der Waals surface area contributed by atoms with Crippen LogP contribution in [0.5, 0.6) is 5.75 Å². The molecule has 5 nitrogen and oxygen atoms in total. The summed E-state index contributed by atoms with van der Waals surface area (Å²) in [5.41, 5.74) is 0.139. The summed E-state index contributed by atoms with van der Waals surface area (Å²) in [5, 5.41) is 8.72. The monoisotopic (exact) mass is 248 g/mol. The molecule has 5 heteroatoms. The first-order valence-electron chi connectivity index (χ1n) is 5.02. The number of rotatable bonds is 6. The zero-order valence-electron chi connectivity index (χ0n) is 9.54. The maximum Gasteiger partial charge on any atom is 0.335 e. The second-order valence-corrected chi connectivity index (χ2v) is 3.19. The van der Waals surface area contributed by atoms with Crippen molar-refractivity contribution in [2.45, 2.75) is 6.29 Å². The number of hydrogen-bond donors (Lipinski definition) is 1. The smallest absolute Gasteiger partial charge is 0.335 e. The summed E-state index contributed by atoms with van der Waals surface area (Å²) in [6.07, 6.45) is 1.35. The van der Waals surface area contributed by atoms with Gasteiger partial charge in [-0.2, -0.15) is 0 Å². The maximum absolute atomic E-state index is 11.0. The fraction of sp³-hybridized carbons (Fsp3) is 0.0769. The van der Waals surface area contributed by atoms with Gasteiger partial charge in [-0.1, -0.05) is 13.2 Å². The van der Waals surface area contributed by atoms with E-state index in [1.54, 1.807) is 0 Å². The van der Waals surface area contributed by atoms with Gasteiger partial charge in [-0.15, -0.1) is 0 Å². The molecule has 0 bridgehead atoms.